The van der Waals surface area contributed by atoms with Crippen LogP contribution in [0.25, 0.3) is 5.57 Å². The fourth-order valence-electron chi connectivity index (χ4n) is 3.52. The molecule has 1 amide bonds. The number of nitrogens with two attached hydrogens (primary N) is 1. The molecule has 168 valence electrons. The molecule has 1 atom stereocenters. The van der Waals surface area contributed by atoms with Crippen molar-refractivity contribution >= 4 is 46.9 Å². The molecule has 0 saturated heterocycles. The molecular weight excluding hydrogens is 453 g/mol. The SMILES string of the molecule is CN=CC(=CN)c1cc(Cl)c(C(=O)N2Cc3cccc(C[C@H](C)C(=O)O)c3CO2)c(Cl)c1. The summed E-state index contributed by atoms with van der Waals surface area (Å²) in [5.74, 6) is -1.85. The quantitative estimate of drug-likeness (QED) is 0.604. The number of carbonyl (C=O) groups is 2. The molecule has 0 unspecified atom stereocenters. The van der Waals surface area contributed by atoms with Gasteiger partial charge >= 0.3 is 5.97 Å². The van der Waals surface area contributed by atoms with Crippen molar-refractivity contribution in [1.82, 2.24) is 5.06 Å². The maximum atomic E-state index is 13.2. The fraction of sp³-hybridized carbons (Fsp3) is 0.261. The zero-order chi connectivity index (χ0) is 23.4. The number of hydrogen-bond donors (Lipinski definition) is 2. The summed E-state index contributed by atoms with van der Waals surface area (Å²) in [6.45, 7) is 1.99. The third-order valence-electron chi connectivity index (χ3n) is 5.26. The van der Waals surface area contributed by atoms with Gasteiger partial charge in [-0.3, -0.25) is 19.4 Å². The first kappa shape index (κ1) is 23.8. The molecule has 0 spiro atoms. The minimum Gasteiger partial charge on any atom is -0.481 e. The smallest absolute Gasteiger partial charge is 0.306 e. The number of hydroxylamine groups is 2. The average Bonchev–Trinajstić information content (AvgIpc) is 2.76. The topological polar surface area (TPSA) is 105 Å². The normalized spacial score (nSPS) is 15.0. The summed E-state index contributed by atoms with van der Waals surface area (Å²) in [6, 6.07) is 8.83. The molecule has 7 nitrogen and oxygen atoms in total. The van der Waals surface area contributed by atoms with Crippen LogP contribution in [0.3, 0.4) is 0 Å². The highest BCUT2D eigenvalue weighted by Gasteiger charge is 2.28. The molecule has 0 fully saturated rings. The minimum atomic E-state index is -0.860. The summed E-state index contributed by atoms with van der Waals surface area (Å²) >= 11 is 12.8. The van der Waals surface area contributed by atoms with E-state index in [4.69, 9.17) is 33.8 Å². The molecule has 1 heterocycles. The predicted molar refractivity (Wildman–Crippen MR) is 125 cm³/mol. The highest BCUT2D eigenvalue weighted by molar-refractivity contribution is 6.40. The maximum Gasteiger partial charge on any atom is 0.306 e. The van der Waals surface area contributed by atoms with Crippen LogP contribution in [0.1, 0.15) is 39.5 Å². The van der Waals surface area contributed by atoms with Crippen LogP contribution in [-0.2, 0) is 29.2 Å². The van der Waals surface area contributed by atoms with Crippen LogP contribution < -0.4 is 5.73 Å². The summed E-state index contributed by atoms with van der Waals surface area (Å²) in [5, 5.41) is 10.8. The molecule has 2 aromatic carbocycles. The van der Waals surface area contributed by atoms with Crippen LogP contribution >= 0.6 is 23.2 Å². The number of aliphatic carboxylic acids is 1. The van der Waals surface area contributed by atoms with Gasteiger partial charge in [0.1, 0.15) is 6.61 Å². The number of carboxylic acids is 1. The number of aliphatic imine (C=N–C) groups is 1. The number of allylic oxidation sites excluding steroid dienone is 1. The van der Waals surface area contributed by atoms with Gasteiger partial charge in [-0.2, -0.15) is 0 Å². The van der Waals surface area contributed by atoms with E-state index in [1.807, 2.05) is 18.2 Å². The standard InChI is InChI=1S/C23H23Cl2N3O4/c1-13(23(30)31)6-14-4-3-5-15-11-28(32-12-18(14)15)22(29)21-19(24)7-16(8-20(21)25)17(9-26)10-27-2/h3-5,7-10,13H,6,11-12,26H2,1-2H3,(H,30,31)/t13-/m0/s1. The van der Waals surface area contributed by atoms with Gasteiger partial charge in [-0.25, -0.2) is 5.06 Å². The number of hydrogen-bond acceptors (Lipinski definition) is 5. The van der Waals surface area contributed by atoms with Gasteiger partial charge in [0.2, 0.25) is 0 Å². The second-order valence-electron chi connectivity index (χ2n) is 7.44. The average molecular weight is 476 g/mol. The van der Waals surface area contributed by atoms with Crippen molar-refractivity contribution in [2.45, 2.75) is 26.5 Å². The van der Waals surface area contributed by atoms with Crippen molar-refractivity contribution in [3.05, 3.63) is 74.4 Å². The molecule has 1 aliphatic rings. The molecule has 1 aliphatic heterocycles. The van der Waals surface area contributed by atoms with Gasteiger partial charge in [0.25, 0.3) is 5.91 Å². The van der Waals surface area contributed by atoms with Crippen molar-refractivity contribution < 1.29 is 19.5 Å². The van der Waals surface area contributed by atoms with Gasteiger partial charge in [-0.05, 0) is 40.8 Å². The second-order valence-corrected chi connectivity index (χ2v) is 8.25. The van der Waals surface area contributed by atoms with Crippen molar-refractivity contribution in [1.29, 1.82) is 0 Å². The Balaban J connectivity index is 1.86. The third-order valence-corrected chi connectivity index (χ3v) is 5.86. The van der Waals surface area contributed by atoms with E-state index in [9.17, 15) is 14.7 Å². The molecule has 32 heavy (non-hydrogen) atoms. The Morgan fingerprint density at radius 3 is 2.59 bits per heavy atom. The Labute approximate surface area is 196 Å². The van der Waals surface area contributed by atoms with Crippen LogP contribution in [0.15, 0.2) is 41.5 Å². The second kappa shape index (κ2) is 10.2. The summed E-state index contributed by atoms with van der Waals surface area (Å²) in [5.41, 5.74) is 9.69. The van der Waals surface area contributed by atoms with E-state index in [-0.39, 0.29) is 28.8 Å². The van der Waals surface area contributed by atoms with E-state index in [1.54, 1.807) is 32.3 Å². The fourth-order valence-corrected chi connectivity index (χ4v) is 4.17. The number of carbonyl (C=O) groups excluding carboxylic acids is 1. The number of fused-ring (bicyclic) bond motifs is 1. The number of amides is 1. The number of nitrogens with zero attached hydrogens (tertiary/aromatic N) is 2. The Kier molecular flexibility index (Phi) is 7.56. The van der Waals surface area contributed by atoms with Gasteiger partial charge in [0.05, 0.1) is 28.1 Å². The molecule has 3 rings (SSSR count). The van der Waals surface area contributed by atoms with Crippen molar-refractivity contribution in [3.63, 3.8) is 0 Å². The van der Waals surface area contributed by atoms with E-state index < -0.39 is 17.8 Å². The zero-order valence-corrected chi connectivity index (χ0v) is 19.2. The Morgan fingerprint density at radius 2 is 2.00 bits per heavy atom. The highest BCUT2D eigenvalue weighted by atomic mass is 35.5. The lowest BCUT2D eigenvalue weighted by molar-refractivity contribution is -0.150. The van der Waals surface area contributed by atoms with Gasteiger partial charge in [-0.15, -0.1) is 0 Å². The summed E-state index contributed by atoms with van der Waals surface area (Å²) in [6.07, 6.45) is 3.33. The molecule has 0 saturated carbocycles. The third kappa shape index (κ3) is 4.96. The Morgan fingerprint density at radius 1 is 1.31 bits per heavy atom. The molecule has 9 heteroatoms. The van der Waals surface area contributed by atoms with Gasteiger partial charge in [0, 0.05) is 25.0 Å². The van der Waals surface area contributed by atoms with E-state index in [0.717, 1.165) is 16.7 Å². The van der Waals surface area contributed by atoms with E-state index >= 15 is 0 Å². The molecule has 3 N–H and O–H groups in total. The lowest BCUT2D eigenvalue weighted by atomic mass is 9.93. The van der Waals surface area contributed by atoms with E-state index in [0.29, 0.717) is 17.6 Å². The molecule has 0 bridgehead atoms. The van der Waals surface area contributed by atoms with Crippen molar-refractivity contribution in [2.75, 3.05) is 7.05 Å². The molecular formula is C23H23Cl2N3O4. The number of halogens is 2. The molecule has 0 radical (unpaired) electrons. The monoisotopic (exact) mass is 475 g/mol. The van der Waals surface area contributed by atoms with Crippen LogP contribution in [0.4, 0.5) is 0 Å². The van der Waals surface area contributed by atoms with Crippen molar-refractivity contribution in [2.24, 2.45) is 16.6 Å². The highest BCUT2D eigenvalue weighted by Crippen LogP contribution is 2.33. The summed E-state index contributed by atoms with van der Waals surface area (Å²) < 4.78 is 0. The minimum absolute atomic E-state index is 0.126. The molecule has 0 aromatic heterocycles. The zero-order valence-electron chi connectivity index (χ0n) is 17.6. The van der Waals surface area contributed by atoms with E-state index in [2.05, 4.69) is 4.99 Å². The van der Waals surface area contributed by atoms with Gasteiger partial charge < -0.3 is 10.8 Å². The molecule has 2 aromatic rings. The lowest BCUT2D eigenvalue weighted by Gasteiger charge is -2.30. The van der Waals surface area contributed by atoms with Crippen LogP contribution in [0.2, 0.25) is 10.0 Å². The molecule has 0 aliphatic carbocycles. The van der Waals surface area contributed by atoms with Crippen molar-refractivity contribution in [3.8, 4) is 0 Å². The van der Waals surface area contributed by atoms with E-state index in [1.165, 1.54) is 11.3 Å². The Bertz CT molecular complexity index is 1090. The summed E-state index contributed by atoms with van der Waals surface area (Å²) in [7, 11) is 1.61. The number of rotatable bonds is 6. The van der Waals surface area contributed by atoms with Crippen LogP contribution in [0.5, 0.6) is 0 Å². The number of benzene rings is 2. The summed E-state index contributed by atoms with van der Waals surface area (Å²) in [4.78, 5) is 34.1. The largest absolute Gasteiger partial charge is 0.481 e. The first-order chi connectivity index (χ1) is 15.3. The first-order valence-corrected chi connectivity index (χ1v) is 10.6. The lowest BCUT2D eigenvalue weighted by Crippen LogP contribution is -2.35. The number of carboxylic acid groups (broad SMARTS) is 1. The van der Waals surface area contributed by atoms with Gasteiger partial charge in [-0.1, -0.05) is 48.3 Å². The van der Waals surface area contributed by atoms with Gasteiger partial charge in [0.15, 0.2) is 0 Å². The van der Waals surface area contributed by atoms with Crippen LogP contribution in [0, 0.1) is 5.92 Å². The van der Waals surface area contributed by atoms with Crippen LogP contribution in [-0.4, -0.2) is 35.3 Å². The maximum absolute atomic E-state index is 13.2. The Hall–Kier alpha value is -2.87. The first-order valence-electron chi connectivity index (χ1n) is 9.87. The predicted octanol–water partition coefficient (Wildman–Crippen LogP) is 4.34.